The highest BCUT2D eigenvalue weighted by Crippen LogP contribution is 2.29. The molecule has 0 unspecified atom stereocenters. The highest BCUT2D eigenvalue weighted by molar-refractivity contribution is 5.75. The average molecular weight is 304 g/mol. The minimum Gasteiger partial charge on any atom is -0.451 e. The lowest BCUT2D eigenvalue weighted by Gasteiger charge is -2.08. The van der Waals surface area contributed by atoms with E-state index in [4.69, 9.17) is 4.74 Å². The molecular formula is C12H5F5N2O2. The second kappa shape index (κ2) is 5.43. The number of hydrogen-bond acceptors (Lipinski definition) is 4. The third-order valence-corrected chi connectivity index (χ3v) is 2.31. The Balaban J connectivity index is 2.27. The molecule has 0 aliphatic rings. The zero-order valence-corrected chi connectivity index (χ0v) is 9.99. The van der Waals surface area contributed by atoms with Crippen molar-refractivity contribution in [2.75, 3.05) is 0 Å². The standard InChI is InChI=1S/C12H5F5N2O2/c13-9-6(5-20)1-2-8(10(9)14)21-7-3-18-11(19-4-7)12(15,16)17/h1-5H. The van der Waals surface area contributed by atoms with Crippen molar-refractivity contribution in [1.29, 1.82) is 0 Å². The SMILES string of the molecule is O=Cc1ccc(Oc2cnc(C(F)(F)F)nc2)c(F)c1F. The zero-order valence-electron chi connectivity index (χ0n) is 9.99. The van der Waals surface area contributed by atoms with Gasteiger partial charge in [0.2, 0.25) is 11.6 Å². The van der Waals surface area contributed by atoms with Crippen LogP contribution in [0.25, 0.3) is 0 Å². The maximum atomic E-state index is 13.5. The average Bonchev–Trinajstić information content (AvgIpc) is 2.44. The topological polar surface area (TPSA) is 52.1 Å². The Bertz CT molecular complexity index is 671. The first-order valence-corrected chi connectivity index (χ1v) is 5.33. The zero-order chi connectivity index (χ0) is 15.6. The molecule has 2 rings (SSSR count). The molecule has 0 spiro atoms. The number of benzene rings is 1. The maximum Gasteiger partial charge on any atom is 0.451 e. The molecule has 0 saturated carbocycles. The molecule has 1 aromatic carbocycles. The van der Waals surface area contributed by atoms with Gasteiger partial charge in [-0.15, -0.1) is 0 Å². The van der Waals surface area contributed by atoms with E-state index >= 15 is 0 Å². The van der Waals surface area contributed by atoms with Gasteiger partial charge in [0.05, 0.1) is 18.0 Å². The van der Waals surface area contributed by atoms with E-state index < -0.39 is 34.9 Å². The minimum atomic E-state index is -4.72. The number of aromatic nitrogens is 2. The molecular weight excluding hydrogens is 299 g/mol. The predicted molar refractivity (Wildman–Crippen MR) is 58.9 cm³/mol. The van der Waals surface area contributed by atoms with E-state index in [-0.39, 0.29) is 12.0 Å². The van der Waals surface area contributed by atoms with Crippen molar-refractivity contribution in [3.05, 3.63) is 47.5 Å². The Kier molecular flexibility index (Phi) is 3.83. The molecule has 4 nitrogen and oxygen atoms in total. The predicted octanol–water partition coefficient (Wildman–Crippen LogP) is 3.38. The van der Waals surface area contributed by atoms with Crippen molar-refractivity contribution < 1.29 is 31.5 Å². The van der Waals surface area contributed by atoms with Crippen molar-refractivity contribution >= 4 is 6.29 Å². The fraction of sp³-hybridized carbons (Fsp3) is 0.0833. The molecule has 0 N–H and O–H groups in total. The van der Waals surface area contributed by atoms with Crippen LogP contribution >= 0.6 is 0 Å². The first kappa shape index (κ1) is 14.8. The van der Waals surface area contributed by atoms with E-state index in [1.807, 2.05) is 0 Å². The van der Waals surface area contributed by atoms with Crippen LogP contribution in [0.3, 0.4) is 0 Å². The molecule has 0 aliphatic heterocycles. The van der Waals surface area contributed by atoms with Crippen LogP contribution in [-0.4, -0.2) is 16.3 Å². The van der Waals surface area contributed by atoms with Crippen molar-refractivity contribution in [2.45, 2.75) is 6.18 Å². The minimum absolute atomic E-state index is 0.115. The quantitative estimate of drug-likeness (QED) is 0.644. The van der Waals surface area contributed by atoms with Gasteiger partial charge in [-0.1, -0.05) is 0 Å². The van der Waals surface area contributed by atoms with Crippen LogP contribution in [0.2, 0.25) is 0 Å². The van der Waals surface area contributed by atoms with Crippen LogP contribution < -0.4 is 4.74 Å². The molecule has 1 heterocycles. The lowest BCUT2D eigenvalue weighted by molar-refractivity contribution is -0.145. The molecule has 9 heteroatoms. The molecule has 2 aromatic rings. The second-order valence-corrected chi connectivity index (χ2v) is 3.74. The summed E-state index contributed by atoms with van der Waals surface area (Å²) in [5, 5.41) is 0. The molecule has 0 bridgehead atoms. The summed E-state index contributed by atoms with van der Waals surface area (Å²) in [5.41, 5.74) is -0.511. The van der Waals surface area contributed by atoms with Crippen LogP contribution in [-0.2, 0) is 6.18 Å². The fourth-order valence-corrected chi connectivity index (χ4v) is 1.36. The molecule has 1 aromatic heterocycles. The van der Waals surface area contributed by atoms with Crippen molar-refractivity contribution in [2.24, 2.45) is 0 Å². The van der Waals surface area contributed by atoms with Gasteiger partial charge in [0.15, 0.2) is 23.6 Å². The number of carbonyl (C=O) groups is 1. The van der Waals surface area contributed by atoms with Crippen LogP contribution in [0, 0.1) is 11.6 Å². The van der Waals surface area contributed by atoms with Gasteiger partial charge in [-0.3, -0.25) is 4.79 Å². The van der Waals surface area contributed by atoms with Gasteiger partial charge < -0.3 is 4.74 Å². The summed E-state index contributed by atoms with van der Waals surface area (Å²) in [6.45, 7) is 0. The smallest absolute Gasteiger partial charge is 0.451 e. The molecule has 0 fully saturated rings. The van der Waals surface area contributed by atoms with E-state index in [0.29, 0.717) is 12.4 Å². The summed E-state index contributed by atoms with van der Waals surface area (Å²) in [6.07, 6.45) is -3.27. The van der Waals surface area contributed by atoms with Gasteiger partial charge in [0.25, 0.3) is 0 Å². The number of ether oxygens (including phenoxy) is 1. The van der Waals surface area contributed by atoms with Crippen LogP contribution in [0.15, 0.2) is 24.5 Å². The normalized spacial score (nSPS) is 11.3. The highest BCUT2D eigenvalue weighted by Gasteiger charge is 2.34. The summed E-state index contributed by atoms with van der Waals surface area (Å²) in [7, 11) is 0. The highest BCUT2D eigenvalue weighted by atomic mass is 19.4. The van der Waals surface area contributed by atoms with E-state index in [1.54, 1.807) is 0 Å². The molecule has 110 valence electrons. The lowest BCUT2D eigenvalue weighted by atomic mass is 10.2. The number of alkyl halides is 3. The number of rotatable bonds is 3. The third kappa shape index (κ3) is 3.12. The number of carbonyl (C=O) groups excluding carboxylic acids is 1. The third-order valence-electron chi connectivity index (χ3n) is 2.31. The van der Waals surface area contributed by atoms with E-state index in [0.717, 1.165) is 12.1 Å². The molecule has 0 radical (unpaired) electrons. The summed E-state index contributed by atoms with van der Waals surface area (Å²) in [6, 6.07) is 1.92. The van der Waals surface area contributed by atoms with Crippen LogP contribution in [0.4, 0.5) is 22.0 Å². The van der Waals surface area contributed by atoms with E-state index in [1.165, 1.54) is 0 Å². The van der Waals surface area contributed by atoms with Crippen LogP contribution in [0.5, 0.6) is 11.5 Å². The Morgan fingerprint density at radius 2 is 1.67 bits per heavy atom. The van der Waals surface area contributed by atoms with Gasteiger partial charge in [-0.2, -0.15) is 17.6 Å². The van der Waals surface area contributed by atoms with Gasteiger partial charge in [-0.05, 0) is 12.1 Å². The Morgan fingerprint density at radius 1 is 1.05 bits per heavy atom. The maximum absolute atomic E-state index is 13.5. The molecule has 21 heavy (non-hydrogen) atoms. The summed E-state index contributed by atoms with van der Waals surface area (Å²) >= 11 is 0. The molecule has 0 amide bonds. The van der Waals surface area contributed by atoms with E-state index in [9.17, 15) is 26.7 Å². The summed E-state index contributed by atoms with van der Waals surface area (Å²) < 4.78 is 68.4. The first-order valence-electron chi connectivity index (χ1n) is 5.33. The lowest BCUT2D eigenvalue weighted by Crippen LogP contribution is -2.10. The van der Waals surface area contributed by atoms with Gasteiger partial charge in [0.1, 0.15) is 0 Å². The van der Waals surface area contributed by atoms with Crippen molar-refractivity contribution in [3.63, 3.8) is 0 Å². The van der Waals surface area contributed by atoms with Gasteiger partial charge in [-0.25, -0.2) is 14.4 Å². The summed E-state index contributed by atoms with van der Waals surface area (Å²) in [4.78, 5) is 16.4. The first-order chi connectivity index (χ1) is 9.82. The number of aldehydes is 1. The Labute approximate surface area is 114 Å². The van der Waals surface area contributed by atoms with Gasteiger partial charge >= 0.3 is 6.18 Å². The number of halogens is 5. The fourth-order valence-electron chi connectivity index (χ4n) is 1.36. The molecule has 0 atom stereocenters. The Morgan fingerprint density at radius 3 is 2.19 bits per heavy atom. The monoisotopic (exact) mass is 304 g/mol. The molecule has 0 saturated heterocycles. The van der Waals surface area contributed by atoms with Crippen LogP contribution in [0.1, 0.15) is 16.2 Å². The van der Waals surface area contributed by atoms with E-state index in [2.05, 4.69) is 9.97 Å². The van der Waals surface area contributed by atoms with Crippen molar-refractivity contribution in [3.8, 4) is 11.5 Å². The largest absolute Gasteiger partial charge is 0.451 e. The molecule has 0 aliphatic carbocycles. The second-order valence-electron chi connectivity index (χ2n) is 3.74. The van der Waals surface area contributed by atoms with Gasteiger partial charge in [0, 0.05) is 0 Å². The van der Waals surface area contributed by atoms with Crippen molar-refractivity contribution in [1.82, 2.24) is 9.97 Å². The number of hydrogen-bond donors (Lipinski definition) is 0. The summed E-state index contributed by atoms with van der Waals surface area (Å²) in [5.74, 6) is -5.19. The number of nitrogens with zero attached hydrogens (tertiary/aromatic N) is 2. The Hall–Kier alpha value is -2.58.